The van der Waals surface area contributed by atoms with Crippen molar-refractivity contribution in [1.82, 2.24) is 20.0 Å². The largest absolute Gasteiger partial charge is 0.350 e. The number of benzene rings is 2. The number of nitrogens with zero attached hydrogens (tertiary/aromatic N) is 3. The summed E-state index contributed by atoms with van der Waals surface area (Å²) in [5.41, 5.74) is 2.65. The van der Waals surface area contributed by atoms with Crippen molar-refractivity contribution in [1.29, 1.82) is 0 Å². The molecule has 4 rings (SSSR count). The summed E-state index contributed by atoms with van der Waals surface area (Å²) in [6.45, 7) is 4.28. The molecule has 1 aromatic heterocycles. The second-order valence-corrected chi connectivity index (χ2v) is 7.88. The molecular weight excluding hydrogens is 403 g/mol. The quantitative estimate of drug-likeness (QED) is 0.629. The van der Waals surface area contributed by atoms with E-state index >= 15 is 0 Å². The molecule has 0 aliphatic carbocycles. The first kappa shape index (κ1) is 20.6. The molecule has 0 bridgehead atoms. The Kier molecular flexibility index (Phi) is 6.16. The summed E-state index contributed by atoms with van der Waals surface area (Å²) in [5, 5.41) is 7.65. The fourth-order valence-electron chi connectivity index (χ4n) is 3.97. The normalized spacial score (nSPS) is 15.3. The van der Waals surface area contributed by atoms with Crippen molar-refractivity contribution in [3.05, 3.63) is 82.4 Å². The number of hydrogen-bond acceptors (Lipinski definition) is 3. The molecule has 1 amide bonds. The van der Waals surface area contributed by atoms with Crippen LogP contribution in [0.3, 0.4) is 0 Å². The zero-order valence-corrected chi connectivity index (χ0v) is 17.6. The van der Waals surface area contributed by atoms with E-state index in [1.54, 1.807) is 19.1 Å². The summed E-state index contributed by atoms with van der Waals surface area (Å²) in [5.74, 6) is -0.600. The third kappa shape index (κ3) is 4.25. The molecule has 0 radical (unpaired) electrons. The minimum absolute atomic E-state index is 0.115. The highest BCUT2D eigenvalue weighted by Crippen LogP contribution is 2.26. The molecule has 7 heteroatoms. The maximum absolute atomic E-state index is 13.2. The van der Waals surface area contributed by atoms with Gasteiger partial charge in [0.1, 0.15) is 11.0 Å². The summed E-state index contributed by atoms with van der Waals surface area (Å²) in [7, 11) is 0. The predicted molar refractivity (Wildman–Crippen MR) is 116 cm³/mol. The maximum Gasteiger partial charge on any atom is 0.256 e. The summed E-state index contributed by atoms with van der Waals surface area (Å²) < 4.78 is 14.7. The lowest BCUT2D eigenvalue weighted by atomic mass is 10.1. The summed E-state index contributed by atoms with van der Waals surface area (Å²) in [6, 6.07) is 16.2. The molecule has 156 valence electrons. The zero-order chi connectivity index (χ0) is 21.1. The molecule has 1 saturated heterocycles. The molecule has 2 heterocycles. The van der Waals surface area contributed by atoms with E-state index < -0.39 is 0 Å². The Hall–Kier alpha value is -2.70. The van der Waals surface area contributed by atoms with Gasteiger partial charge in [-0.25, -0.2) is 9.07 Å². The molecule has 5 nitrogen and oxygen atoms in total. The van der Waals surface area contributed by atoms with Gasteiger partial charge in [0.25, 0.3) is 5.91 Å². The highest BCUT2D eigenvalue weighted by molar-refractivity contribution is 6.33. The third-order valence-corrected chi connectivity index (χ3v) is 5.87. The molecular formula is C23H24ClFN4O. The van der Waals surface area contributed by atoms with Gasteiger partial charge in [0.05, 0.1) is 23.0 Å². The average molecular weight is 427 g/mol. The first-order chi connectivity index (χ1) is 14.5. The van der Waals surface area contributed by atoms with Crippen LogP contribution in [-0.4, -0.2) is 40.2 Å². The highest BCUT2D eigenvalue weighted by atomic mass is 35.5. The van der Waals surface area contributed by atoms with Gasteiger partial charge in [0.15, 0.2) is 0 Å². The van der Waals surface area contributed by atoms with Crippen LogP contribution < -0.4 is 5.32 Å². The summed E-state index contributed by atoms with van der Waals surface area (Å²) >= 11 is 6.49. The van der Waals surface area contributed by atoms with Crippen molar-refractivity contribution < 1.29 is 9.18 Å². The smallest absolute Gasteiger partial charge is 0.256 e. The Morgan fingerprint density at radius 1 is 1.13 bits per heavy atom. The molecule has 0 saturated carbocycles. The van der Waals surface area contributed by atoms with E-state index in [-0.39, 0.29) is 22.9 Å². The van der Waals surface area contributed by atoms with Crippen LogP contribution in [0, 0.1) is 12.7 Å². The first-order valence-corrected chi connectivity index (χ1v) is 10.5. The van der Waals surface area contributed by atoms with E-state index in [4.69, 9.17) is 11.6 Å². The van der Waals surface area contributed by atoms with E-state index in [9.17, 15) is 9.18 Å². The molecule has 3 aromatic rings. The summed E-state index contributed by atoms with van der Waals surface area (Å²) in [4.78, 5) is 15.4. The second kappa shape index (κ2) is 8.98. The van der Waals surface area contributed by atoms with Crippen molar-refractivity contribution in [2.75, 3.05) is 19.6 Å². The monoisotopic (exact) mass is 426 g/mol. The van der Waals surface area contributed by atoms with Crippen LogP contribution in [0.25, 0.3) is 5.69 Å². The molecule has 1 atom stereocenters. The van der Waals surface area contributed by atoms with Crippen molar-refractivity contribution >= 4 is 17.5 Å². The van der Waals surface area contributed by atoms with Gasteiger partial charge in [-0.1, -0.05) is 41.9 Å². The zero-order valence-electron chi connectivity index (χ0n) is 16.8. The Balaban J connectivity index is 1.54. The molecule has 0 spiro atoms. The number of carbonyl (C=O) groups excluding carboxylic acids is 1. The van der Waals surface area contributed by atoms with E-state index in [0.717, 1.165) is 13.1 Å². The fourth-order valence-corrected chi connectivity index (χ4v) is 4.33. The van der Waals surface area contributed by atoms with Gasteiger partial charge in [-0.2, -0.15) is 5.10 Å². The number of carbonyl (C=O) groups is 1. The minimum Gasteiger partial charge on any atom is -0.350 e. The molecule has 2 aromatic carbocycles. The molecule has 1 fully saturated rings. The van der Waals surface area contributed by atoms with E-state index in [0.29, 0.717) is 23.5 Å². The lowest BCUT2D eigenvalue weighted by Gasteiger charge is -2.28. The number of amides is 1. The topological polar surface area (TPSA) is 50.2 Å². The number of aromatic nitrogens is 2. The van der Waals surface area contributed by atoms with Crippen LogP contribution in [0.1, 0.15) is 40.5 Å². The predicted octanol–water partition coefficient (Wildman–Crippen LogP) is 4.54. The Labute approximate surface area is 180 Å². The number of halogens is 2. The average Bonchev–Trinajstić information content (AvgIpc) is 3.38. The Bertz CT molecular complexity index is 1010. The van der Waals surface area contributed by atoms with Crippen molar-refractivity contribution in [3.8, 4) is 5.69 Å². The van der Waals surface area contributed by atoms with Gasteiger partial charge in [-0.05, 0) is 62.7 Å². The van der Waals surface area contributed by atoms with Crippen molar-refractivity contribution in [2.45, 2.75) is 25.8 Å². The molecule has 1 N–H and O–H groups in total. The van der Waals surface area contributed by atoms with E-state index in [1.165, 1.54) is 35.2 Å². The first-order valence-electron chi connectivity index (χ1n) is 10.1. The fraction of sp³-hybridized carbons (Fsp3) is 0.304. The van der Waals surface area contributed by atoms with Gasteiger partial charge in [0, 0.05) is 6.54 Å². The number of hydrogen-bond donors (Lipinski definition) is 1. The molecule has 1 unspecified atom stereocenters. The van der Waals surface area contributed by atoms with Gasteiger partial charge >= 0.3 is 0 Å². The Morgan fingerprint density at radius 3 is 2.47 bits per heavy atom. The number of aryl methyl sites for hydroxylation is 1. The van der Waals surface area contributed by atoms with E-state index in [2.05, 4.69) is 27.4 Å². The summed E-state index contributed by atoms with van der Waals surface area (Å²) in [6.07, 6.45) is 2.35. The lowest BCUT2D eigenvalue weighted by molar-refractivity contribution is 0.0937. The van der Waals surface area contributed by atoms with Crippen LogP contribution in [0.5, 0.6) is 0 Å². The minimum atomic E-state index is -0.342. The SMILES string of the molecule is Cc1nn(-c2ccc(F)cc2)c(Cl)c1C(=O)NCC(c1ccccc1)N1CCCC1. The standard InChI is InChI=1S/C23H24ClFN4O/c1-16-21(22(24)29(27-16)19-11-9-18(25)10-12-19)23(30)26-15-20(28-13-5-6-14-28)17-7-3-2-4-8-17/h2-4,7-12,20H,5-6,13-15H2,1H3,(H,26,30). The van der Waals surface area contributed by atoms with Crippen molar-refractivity contribution in [2.24, 2.45) is 0 Å². The lowest BCUT2D eigenvalue weighted by Crippen LogP contribution is -2.37. The molecule has 1 aliphatic rings. The van der Waals surface area contributed by atoms with Crippen LogP contribution in [-0.2, 0) is 0 Å². The van der Waals surface area contributed by atoms with Crippen LogP contribution in [0.2, 0.25) is 5.15 Å². The Morgan fingerprint density at radius 2 is 1.80 bits per heavy atom. The van der Waals surface area contributed by atoms with Gasteiger partial charge in [-0.15, -0.1) is 0 Å². The van der Waals surface area contributed by atoms with Crippen LogP contribution in [0.4, 0.5) is 4.39 Å². The molecule has 1 aliphatic heterocycles. The number of likely N-dealkylation sites (tertiary alicyclic amines) is 1. The number of rotatable bonds is 6. The van der Waals surface area contributed by atoms with Gasteiger partial charge < -0.3 is 5.32 Å². The van der Waals surface area contributed by atoms with E-state index in [1.807, 2.05) is 18.2 Å². The highest BCUT2D eigenvalue weighted by Gasteiger charge is 2.26. The van der Waals surface area contributed by atoms with Gasteiger partial charge in [-0.3, -0.25) is 9.69 Å². The van der Waals surface area contributed by atoms with Gasteiger partial charge in [0.2, 0.25) is 0 Å². The second-order valence-electron chi connectivity index (χ2n) is 7.52. The maximum atomic E-state index is 13.2. The number of nitrogens with one attached hydrogen (secondary N) is 1. The third-order valence-electron chi connectivity index (χ3n) is 5.52. The van der Waals surface area contributed by atoms with Crippen LogP contribution >= 0.6 is 11.6 Å². The van der Waals surface area contributed by atoms with Crippen LogP contribution in [0.15, 0.2) is 54.6 Å². The molecule has 30 heavy (non-hydrogen) atoms. The van der Waals surface area contributed by atoms with Crippen molar-refractivity contribution in [3.63, 3.8) is 0 Å².